The van der Waals surface area contributed by atoms with Gasteiger partial charge in [0.15, 0.2) is 5.17 Å². The fourth-order valence-electron chi connectivity index (χ4n) is 4.06. The van der Waals surface area contributed by atoms with E-state index >= 15 is 0 Å². The molecular formula is C31H25FN3NaO4S2. The Kier molecular flexibility index (Phi) is 10.2. The zero-order valence-corrected chi connectivity index (χ0v) is 26.4. The first-order chi connectivity index (χ1) is 19.7. The molecule has 2 N–H and O–H groups in total. The van der Waals surface area contributed by atoms with Crippen molar-refractivity contribution in [1.82, 2.24) is 10.0 Å². The average Bonchev–Trinajstić information content (AvgIpc) is 3.28. The molecular weight excluding hydrogens is 584 g/mol. The number of benzene rings is 4. The number of carbonyl (C=O) groups is 2. The summed E-state index contributed by atoms with van der Waals surface area (Å²) in [6.07, 6.45) is 1.46. The van der Waals surface area contributed by atoms with Crippen LogP contribution in [0.25, 0.3) is 17.2 Å². The van der Waals surface area contributed by atoms with E-state index in [4.69, 9.17) is 0 Å². The van der Waals surface area contributed by atoms with Gasteiger partial charge in [-0.15, -0.1) is 0 Å². The zero-order valence-electron chi connectivity index (χ0n) is 23.8. The molecule has 1 heterocycles. The predicted octanol–water partition coefficient (Wildman–Crippen LogP) is 2.86. The standard InChI is InChI=1S/C31H24FN3O4S2.Na.H/c1-20-7-14-25(15-8-20)41(38,39)35-29(36)19-21-9-12-24(13-10-21)33-31-34-30(37)28(40-31)18-22-11-16-26(27(32)17-22)23-5-3-2-4-6-23;;/h2-18H,19H2,1H3,(H,35,36)(H,33,34,37);;/q;+1;-1. The van der Waals surface area contributed by atoms with Crippen LogP contribution in [0.1, 0.15) is 18.1 Å². The minimum absolute atomic E-state index is 0. The number of amidine groups is 1. The molecule has 2 amide bonds. The smallest absolute Gasteiger partial charge is 1.00 e. The molecule has 1 fully saturated rings. The van der Waals surface area contributed by atoms with Crippen molar-refractivity contribution in [3.63, 3.8) is 0 Å². The molecule has 0 saturated carbocycles. The Hall–Kier alpha value is -3.54. The van der Waals surface area contributed by atoms with Crippen molar-refractivity contribution in [2.45, 2.75) is 18.2 Å². The fraction of sp³-hybridized carbons (Fsp3) is 0.0645. The van der Waals surface area contributed by atoms with Crippen molar-refractivity contribution < 1.29 is 53.4 Å². The third-order valence-corrected chi connectivity index (χ3v) is 8.44. The number of hydrogen-bond acceptors (Lipinski definition) is 6. The molecule has 0 spiro atoms. The normalized spacial score (nSPS) is 14.9. The second kappa shape index (κ2) is 13.6. The Morgan fingerprint density at radius 3 is 2.36 bits per heavy atom. The molecule has 5 rings (SSSR count). The molecule has 0 atom stereocenters. The summed E-state index contributed by atoms with van der Waals surface area (Å²) in [7, 11) is -3.96. The molecule has 1 aliphatic rings. The third-order valence-electron chi connectivity index (χ3n) is 6.14. The van der Waals surface area contributed by atoms with Crippen molar-refractivity contribution in [2.75, 3.05) is 0 Å². The summed E-state index contributed by atoms with van der Waals surface area (Å²) in [6.45, 7) is 1.84. The van der Waals surface area contributed by atoms with E-state index in [0.717, 1.165) is 22.9 Å². The topological polar surface area (TPSA) is 105 Å². The number of sulfonamides is 1. The van der Waals surface area contributed by atoms with Gasteiger partial charge < -0.3 is 6.74 Å². The van der Waals surface area contributed by atoms with Crippen LogP contribution < -0.4 is 39.6 Å². The molecule has 0 unspecified atom stereocenters. The maximum absolute atomic E-state index is 14.7. The summed E-state index contributed by atoms with van der Waals surface area (Å²) in [5.41, 5.74) is 3.83. The molecule has 42 heavy (non-hydrogen) atoms. The van der Waals surface area contributed by atoms with Gasteiger partial charge in [-0.05, 0) is 71.8 Å². The Labute approximate surface area is 271 Å². The van der Waals surface area contributed by atoms with Crippen LogP contribution in [0.5, 0.6) is 0 Å². The molecule has 11 heteroatoms. The van der Waals surface area contributed by atoms with E-state index < -0.39 is 15.9 Å². The summed E-state index contributed by atoms with van der Waals surface area (Å²) in [5.74, 6) is -1.39. The van der Waals surface area contributed by atoms with Crippen LogP contribution in [0, 0.1) is 12.7 Å². The summed E-state index contributed by atoms with van der Waals surface area (Å²) in [4.78, 5) is 29.7. The minimum Gasteiger partial charge on any atom is -1.00 e. The zero-order chi connectivity index (χ0) is 29.0. The van der Waals surface area contributed by atoms with Crippen molar-refractivity contribution in [3.8, 4) is 11.1 Å². The van der Waals surface area contributed by atoms with Gasteiger partial charge in [-0.25, -0.2) is 22.5 Å². The Balaban J connectivity index is 0.00000253. The van der Waals surface area contributed by atoms with Crippen molar-refractivity contribution in [2.24, 2.45) is 4.99 Å². The number of aryl methyl sites for hydroxylation is 1. The van der Waals surface area contributed by atoms with E-state index in [9.17, 15) is 22.4 Å². The minimum atomic E-state index is -3.96. The van der Waals surface area contributed by atoms with Crippen molar-refractivity contribution in [1.29, 1.82) is 0 Å². The number of nitrogens with zero attached hydrogens (tertiary/aromatic N) is 1. The van der Waals surface area contributed by atoms with Crippen LogP contribution in [0.3, 0.4) is 0 Å². The van der Waals surface area contributed by atoms with Crippen molar-refractivity contribution in [3.05, 3.63) is 124 Å². The van der Waals surface area contributed by atoms with Gasteiger partial charge in [0.05, 0.1) is 21.9 Å². The number of carbonyl (C=O) groups excluding carboxylic acids is 2. The molecule has 4 aromatic carbocycles. The van der Waals surface area contributed by atoms with E-state index in [2.05, 4.69) is 15.0 Å². The Morgan fingerprint density at radius 2 is 1.69 bits per heavy atom. The summed E-state index contributed by atoms with van der Waals surface area (Å²) in [6, 6.07) is 26.9. The van der Waals surface area contributed by atoms with Crippen LogP contribution in [0.4, 0.5) is 10.1 Å². The molecule has 0 aliphatic carbocycles. The third kappa shape index (κ3) is 7.84. The molecule has 4 aromatic rings. The van der Waals surface area contributed by atoms with Gasteiger partial charge in [0.25, 0.3) is 15.9 Å². The van der Waals surface area contributed by atoms with Crippen LogP contribution in [0.15, 0.2) is 112 Å². The van der Waals surface area contributed by atoms with Gasteiger partial charge in [-0.3, -0.25) is 9.59 Å². The van der Waals surface area contributed by atoms with Gasteiger partial charge in [0.1, 0.15) is 5.82 Å². The van der Waals surface area contributed by atoms with Gasteiger partial charge in [-0.1, -0.05) is 72.3 Å². The molecule has 208 valence electrons. The van der Waals surface area contributed by atoms with Crippen molar-refractivity contribution >= 4 is 50.5 Å². The van der Waals surface area contributed by atoms with Crippen LogP contribution >= 0.6 is 11.8 Å². The summed E-state index contributed by atoms with van der Waals surface area (Å²) in [5, 5.41) is 3.06. The second-order valence-electron chi connectivity index (χ2n) is 9.27. The quantitative estimate of drug-likeness (QED) is 0.248. The summed E-state index contributed by atoms with van der Waals surface area (Å²) < 4.78 is 41.7. The Bertz CT molecular complexity index is 1800. The second-order valence-corrected chi connectivity index (χ2v) is 12.0. The van der Waals surface area contributed by atoms with E-state index in [1.54, 1.807) is 54.6 Å². The molecule has 7 nitrogen and oxygen atoms in total. The molecule has 1 saturated heterocycles. The number of hydrogen-bond donors (Lipinski definition) is 2. The van der Waals surface area contributed by atoms with E-state index in [-0.39, 0.29) is 54.0 Å². The number of rotatable bonds is 7. The van der Waals surface area contributed by atoms with Gasteiger partial charge in [-0.2, -0.15) is 0 Å². The van der Waals surface area contributed by atoms with Crippen LogP contribution in [-0.4, -0.2) is 25.4 Å². The Morgan fingerprint density at radius 1 is 1.00 bits per heavy atom. The van der Waals surface area contributed by atoms with E-state index in [1.165, 1.54) is 18.2 Å². The maximum atomic E-state index is 14.7. The fourth-order valence-corrected chi connectivity index (χ4v) is 5.88. The van der Waals surface area contributed by atoms with Gasteiger partial charge in [0, 0.05) is 5.56 Å². The van der Waals surface area contributed by atoms with E-state index in [1.807, 2.05) is 37.3 Å². The molecule has 0 radical (unpaired) electrons. The monoisotopic (exact) mass is 609 g/mol. The number of halogens is 1. The first-order valence-corrected chi connectivity index (χ1v) is 14.8. The predicted molar refractivity (Wildman–Crippen MR) is 160 cm³/mol. The average molecular weight is 610 g/mol. The number of aliphatic imine (C=N–C) groups is 1. The first kappa shape index (κ1) is 31.4. The van der Waals surface area contributed by atoms with Crippen LogP contribution in [0.2, 0.25) is 0 Å². The molecule has 1 aliphatic heterocycles. The molecule has 0 bridgehead atoms. The van der Waals surface area contributed by atoms with Gasteiger partial charge in [0.2, 0.25) is 5.91 Å². The maximum Gasteiger partial charge on any atom is 1.00 e. The number of amides is 2. The molecule has 0 aromatic heterocycles. The SMILES string of the molecule is Cc1ccc(S(=O)(=O)NC(=O)Cc2ccc(N=C3NC(=O)C(=Cc4ccc(-c5ccccc5)c(F)c4)S3)cc2)cc1.[H-].[Na+]. The summed E-state index contributed by atoms with van der Waals surface area (Å²) >= 11 is 1.13. The largest absolute Gasteiger partial charge is 1.00 e. The van der Waals surface area contributed by atoms with E-state index in [0.29, 0.717) is 32.5 Å². The first-order valence-electron chi connectivity index (χ1n) is 12.5. The number of nitrogens with one attached hydrogen (secondary N) is 2. The van der Waals surface area contributed by atoms with Gasteiger partial charge >= 0.3 is 29.6 Å². The number of thioether (sulfide) groups is 1. The van der Waals surface area contributed by atoms with Crippen LogP contribution in [-0.2, 0) is 26.0 Å².